The zero-order chi connectivity index (χ0) is 9.10. The topological polar surface area (TPSA) is 46.0 Å². The monoisotopic (exact) mass is 172 g/mol. The first-order chi connectivity index (χ1) is 6.36. The lowest BCUT2D eigenvalue weighted by Crippen LogP contribution is -1.84. The van der Waals surface area contributed by atoms with Crippen LogP contribution in [0.15, 0.2) is 42.7 Å². The SMILES string of the molecule is Oc1cnc(-c2ccccc2)cn1. The molecule has 0 aliphatic rings. The van der Waals surface area contributed by atoms with Crippen LogP contribution in [0, 0.1) is 0 Å². The molecule has 0 aliphatic heterocycles. The van der Waals surface area contributed by atoms with Gasteiger partial charge >= 0.3 is 0 Å². The Bertz CT molecular complexity index is 383. The van der Waals surface area contributed by atoms with Gasteiger partial charge in [0.15, 0.2) is 0 Å². The molecule has 1 aromatic carbocycles. The normalized spacial score (nSPS) is 9.85. The smallest absolute Gasteiger partial charge is 0.229 e. The third kappa shape index (κ3) is 1.64. The lowest BCUT2D eigenvalue weighted by molar-refractivity contribution is 0.450. The Morgan fingerprint density at radius 3 is 2.31 bits per heavy atom. The maximum Gasteiger partial charge on any atom is 0.229 e. The van der Waals surface area contributed by atoms with Crippen molar-refractivity contribution >= 4 is 0 Å². The molecule has 1 heterocycles. The van der Waals surface area contributed by atoms with Crippen LogP contribution in [0.1, 0.15) is 0 Å². The molecule has 0 saturated carbocycles. The van der Waals surface area contributed by atoms with Crippen LogP contribution in [-0.2, 0) is 0 Å². The second kappa shape index (κ2) is 3.23. The fourth-order valence-corrected chi connectivity index (χ4v) is 1.08. The highest BCUT2D eigenvalue weighted by atomic mass is 16.3. The molecule has 0 radical (unpaired) electrons. The van der Waals surface area contributed by atoms with Gasteiger partial charge in [-0.1, -0.05) is 30.3 Å². The molecule has 0 unspecified atom stereocenters. The third-order valence-corrected chi connectivity index (χ3v) is 1.71. The standard InChI is InChI=1S/C10H8N2O/c13-10-7-11-9(6-12-10)8-4-2-1-3-5-8/h1-7H,(H,12,13). The fraction of sp³-hybridized carbons (Fsp3) is 0. The summed E-state index contributed by atoms with van der Waals surface area (Å²) in [4.78, 5) is 7.78. The quantitative estimate of drug-likeness (QED) is 0.714. The summed E-state index contributed by atoms with van der Waals surface area (Å²) >= 11 is 0. The van der Waals surface area contributed by atoms with Crippen molar-refractivity contribution in [3.63, 3.8) is 0 Å². The van der Waals surface area contributed by atoms with Crippen molar-refractivity contribution < 1.29 is 5.11 Å². The first-order valence-electron chi connectivity index (χ1n) is 3.93. The molecule has 0 atom stereocenters. The van der Waals surface area contributed by atoms with Gasteiger partial charge in [-0.15, -0.1) is 0 Å². The van der Waals surface area contributed by atoms with Crippen LogP contribution in [0.3, 0.4) is 0 Å². The summed E-state index contributed by atoms with van der Waals surface area (Å²) in [6.45, 7) is 0. The molecule has 2 rings (SSSR count). The molecule has 13 heavy (non-hydrogen) atoms. The van der Waals surface area contributed by atoms with Crippen LogP contribution in [0.2, 0.25) is 0 Å². The summed E-state index contributed by atoms with van der Waals surface area (Å²) in [5.74, 6) is -0.0559. The molecule has 0 saturated heterocycles. The van der Waals surface area contributed by atoms with Gasteiger partial charge in [0.25, 0.3) is 0 Å². The number of rotatable bonds is 1. The summed E-state index contributed by atoms with van der Waals surface area (Å²) < 4.78 is 0. The zero-order valence-corrected chi connectivity index (χ0v) is 6.88. The number of aromatic hydroxyl groups is 1. The van der Waals surface area contributed by atoms with Gasteiger partial charge in [0.05, 0.1) is 18.1 Å². The van der Waals surface area contributed by atoms with Crippen molar-refractivity contribution in [2.75, 3.05) is 0 Å². The van der Waals surface area contributed by atoms with Crippen LogP contribution < -0.4 is 0 Å². The Kier molecular flexibility index (Phi) is 1.92. The van der Waals surface area contributed by atoms with Gasteiger partial charge in [-0.05, 0) is 0 Å². The van der Waals surface area contributed by atoms with Crippen molar-refractivity contribution in [1.82, 2.24) is 9.97 Å². The van der Waals surface area contributed by atoms with E-state index in [1.165, 1.54) is 6.20 Å². The number of benzene rings is 1. The van der Waals surface area contributed by atoms with Gasteiger partial charge in [0.1, 0.15) is 0 Å². The molecule has 3 heteroatoms. The fourth-order valence-electron chi connectivity index (χ4n) is 1.08. The molecule has 0 aliphatic carbocycles. The molecule has 0 amide bonds. The Morgan fingerprint density at radius 2 is 1.69 bits per heavy atom. The summed E-state index contributed by atoms with van der Waals surface area (Å²) in [5.41, 5.74) is 1.76. The van der Waals surface area contributed by atoms with E-state index in [1.807, 2.05) is 30.3 Å². The van der Waals surface area contributed by atoms with Gasteiger partial charge in [-0.25, -0.2) is 9.97 Å². The van der Waals surface area contributed by atoms with Crippen LogP contribution in [-0.4, -0.2) is 15.1 Å². The average Bonchev–Trinajstić information content (AvgIpc) is 2.20. The summed E-state index contributed by atoms with van der Waals surface area (Å²) in [6.07, 6.45) is 2.88. The molecule has 2 aromatic rings. The van der Waals surface area contributed by atoms with E-state index in [1.54, 1.807) is 6.20 Å². The Hall–Kier alpha value is -1.90. The van der Waals surface area contributed by atoms with Gasteiger partial charge < -0.3 is 5.11 Å². The van der Waals surface area contributed by atoms with Gasteiger partial charge in [0.2, 0.25) is 5.88 Å². The third-order valence-electron chi connectivity index (χ3n) is 1.71. The minimum Gasteiger partial charge on any atom is -0.492 e. The highest BCUT2D eigenvalue weighted by Gasteiger charge is 1.97. The molecule has 1 N–H and O–H groups in total. The second-order valence-corrected chi connectivity index (χ2v) is 2.63. The van der Waals surface area contributed by atoms with Crippen LogP contribution in [0.25, 0.3) is 11.3 Å². The van der Waals surface area contributed by atoms with E-state index in [-0.39, 0.29) is 5.88 Å². The van der Waals surface area contributed by atoms with E-state index in [9.17, 15) is 0 Å². The maximum absolute atomic E-state index is 8.93. The Labute approximate surface area is 75.7 Å². The zero-order valence-electron chi connectivity index (χ0n) is 6.88. The van der Waals surface area contributed by atoms with Gasteiger partial charge in [-0.3, -0.25) is 0 Å². The Balaban J connectivity index is 2.42. The minimum absolute atomic E-state index is 0.0559. The molecular formula is C10H8N2O. The highest BCUT2D eigenvalue weighted by molar-refractivity contribution is 5.57. The molecule has 3 nitrogen and oxygen atoms in total. The van der Waals surface area contributed by atoms with Crippen molar-refractivity contribution in [3.8, 4) is 17.1 Å². The largest absolute Gasteiger partial charge is 0.492 e. The van der Waals surface area contributed by atoms with E-state index >= 15 is 0 Å². The maximum atomic E-state index is 8.93. The molecular weight excluding hydrogens is 164 g/mol. The average molecular weight is 172 g/mol. The molecule has 64 valence electrons. The first-order valence-corrected chi connectivity index (χ1v) is 3.93. The number of nitrogens with zero attached hydrogens (tertiary/aromatic N) is 2. The van der Waals surface area contributed by atoms with Crippen molar-refractivity contribution in [2.24, 2.45) is 0 Å². The van der Waals surface area contributed by atoms with E-state index in [2.05, 4.69) is 9.97 Å². The van der Waals surface area contributed by atoms with Crippen LogP contribution in [0.5, 0.6) is 5.88 Å². The number of hydrogen-bond donors (Lipinski definition) is 1. The van der Waals surface area contributed by atoms with Gasteiger partial charge in [0, 0.05) is 5.56 Å². The van der Waals surface area contributed by atoms with E-state index in [0.717, 1.165) is 11.3 Å². The predicted octanol–water partition coefficient (Wildman–Crippen LogP) is 1.85. The molecule has 0 spiro atoms. The number of aromatic nitrogens is 2. The summed E-state index contributed by atoms with van der Waals surface area (Å²) in [5, 5.41) is 8.93. The van der Waals surface area contributed by atoms with E-state index < -0.39 is 0 Å². The predicted molar refractivity (Wildman–Crippen MR) is 49.1 cm³/mol. The van der Waals surface area contributed by atoms with Crippen LogP contribution in [0.4, 0.5) is 0 Å². The van der Waals surface area contributed by atoms with E-state index in [0.29, 0.717) is 0 Å². The molecule has 0 bridgehead atoms. The molecule has 1 aromatic heterocycles. The van der Waals surface area contributed by atoms with Crippen molar-refractivity contribution in [2.45, 2.75) is 0 Å². The van der Waals surface area contributed by atoms with Crippen molar-refractivity contribution in [1.29, 1.82) is 0 Å². The summed E-state index contributed by atoms with van der Waals surface area (Å²) in [6, 6.07) is 9.70. The number of hydrogen-bond acceptors (Lipinski definition) is 3. The van der Waals surface area contributed by atoms with Crippen LogP contribution >= 0.6 is 0 Å². The Morgan fingerprint density at radius 1 is 0.923 bits per heavy atom. The van der Waals surface area contributed by atoms with Crippen molar-refractivity contribution in [3.05, 3.63) is 42.7 Å². The lowest BCUT2D eigenvalue weighted by atomic mass is 10.2. The lowest BCUT2D eigenvalue weighted by Gasteiger charge is -1.98. The summed E-state index contributed by atoms with van der Waals surface area (Å²) in [7, 11) is 0. The minimum atomic E-state index is -0.0559. The molecule has 0 fully saturated rings. The van der Waals surface area contributed by atoms with E-state index in [4.69, 9.17) is 5.11 Å². The highest BCUT2D eigenvalue weighted by Crippen LogP contribution is 2.15. The van der Waals surface area contributed by atoms with Gasteiger partial charge in [-0.2, -0.15) is 0 Å². The second-order valence-electron chi connectivity index (χ2n) is 2.63. The first kappa shape index (κ1) is 7.73.